The predicted octanol–water partition coefficient (Wildman–Crippen LogP) is 12.2. The Labute approximate surface area is 385 Å². The zero-order valence-electron chi connectivity index (χ0n) is 38.9. The second kappa shape index (κ2) is 32.0. The fourth-order valence-corrected chi connectivity index (χ4v) is 7.44. The number of hydrogen-bond acceptors (Lipinski definition) is 8. The molecule has 0 saturated heterocycles. The van der Waals surface area contributed by atoms with Crippen LogP contribution >= 0.6 is 0 Å². The number of para-hydroxylation sites is 2. The van der Waals surface area contributed by atoms with Gasteiger partial charge in [-0.2, -0.15) is 0 Å². The van der Waals surface area contributed by atoms with Crippen molar-refractivity contribution >= 4 is 0 Å². The van der Waals surface area contributed by atoms with Crippen molar-refractivity contribution in [1.29, 1.82) is 0 Å². The van der Waals surface area contributed by atoms with Crippen molar-refractivity contribution in [2.45, 2.75) is 129 Å². The van der Waals surface area contributed by atoms with Gasteiger partial charge < -0.3 is 37.9 Å². The van der Waals surface area contributed by atoms with Gasteiger partial charge in [0, 0.05) is 23.3 Å². The van der Waals surface area contributed by atoms with E-state index in [0.717, 1.165) is 59.4 Å². The summed E-state index contributed by atoms with van der Waals surface area (Å²) in [4.78, 5) is 0. The van der Waals surface area contributed by atoms with Crippen LogP contribution < -0.4 is 18.9 Å². The molecule has 1 heterocycles. The van der Waals surface area contributed by atoms with Crippen LogP contribution in [0.25, 0.3) is 0 Å². The molecule has 1 aliphatic carbocycles. The van der Waals surface area contributed by atoms with E-state index >= 15 is 0 Å². The lowest BCUT2D eigenvalue weighted by Crippen LogP contribution is -2.32. The van der Waals surface area contributed by atoms with Crippen LogP contribution in [0.2, 0.25) is 0 Å². The molecule has 0 aromatic heterocycles. The minimum atomic E-state index is -0.359. The van der Waals surface area contributed by atoms with Crippen LogP contribution in [-0.2, 0) is 18.9 Å². The van der Waals surface area contributed by atoms with Gasteiger partial charge in [0.1, 0.15) is 36.9 Å². The van der Waals surface area contributed by atoms with E-state index in [9.17, 15) is 0 Å². The number of allylic oxidation sites excluding steroid dienone is 2. The highest BCUT2D eigenvalue weighted by Gasteiger charge is 2.22. The number of hydrogen-bond donors (Lipinski definition) is 0. The van der Waals surface area contributed by atoms with Crippen molar-refractivity contribution in [2.24, 2.45) is 0 Å². The van der Waals surface area contributed by atoms with E-state index in [2.05, 4.69) is 37.5 Å². The standard InChI is InChI=1S/C56H74O8/c1-3-5-7-9-11-13-15-22-34-59-54-46-50(55(60-35-23-16-14-12-10-8-6-4-2)45-49(54)31-28-47-24-18-17-19-25-47)32-29-48-30-33-53-56(44-48)64-43-39-58-37-41-62-52-27-21-20-26-51(52)61-40-36-57-38-42-63-53/h17-21,24-27,30,33,44-46,53,56H,3-16,22-23,34-43H2,1-2H3. The lowest BCUT2D eigenvalue weighted by atomic mass is 10.0. The molecule has 346 valence electrons. The average Bonchev–Trinajstić information content (AvgIpc) is 3.32. The third-order valence-electron chi connectivity index (χ3n) is 11.1. The number of ether oxygens (including phenoxy) is 8. The van der Waals surface area contributed by atoms with Gasteiger partial charge in [-0.15, -0.1) is 0 Å². The van der Waals surface area contributed by atoms with E-state index in [1.807, 2.05) is 85.0 Å². The molecule has 0 saturated carbocycles. The van der Waals surface area contributed by atoms with E-state index in [0.29, 0.717) is 77.6 Å². The molecule has 2 aliphatic rings. The number of fused-ring (bicyclic) bond motifs is 2. The van der Waals surface area contributed by atoms with Gasteiger partial charge in [-0.3, -0.25) is 0 Å². The molecule has 8 heteroatoms. The van der Waals surface area contributed by atoms with Crippen LogP contribution in [-0.4, -0.2) is 78.3 Å². The monoisotopic (exact) mass is 875 g/mol. The number of benzene rings is 3. The van der Waals surface area contributed by atoms with Gasteiger partial charge in [-0.1, -0.05) is 164 Å². The molecule has 64 heavy (non-hydrogen) atoms. The summed E-state index contributed by atoms with van der Waals surface area (Å²) in [6, 6.07) is 21.8. The SMILES string of the molecule is CCCCCCCCCCOc1cc(C#Cc2ccccc2)c(OCCCCCCCCCC)cc1C#CC1=CC2OCCOCCOc3ccccc3OCCOCCOC2C=C1. The molecule has 2 atom stereocenters. The molecule has 8 nitrogen and oxygen atoms in total. The molecule has 0 bridgehead atoms. The molecule has 5 rings (SSSR count). The van der Waals surface area contributed by atoms with Gasteiger partial charge in [-0.05, 0) is 49.3 Å². The van der Waals surface area contributed by atoms with Crippen LogP contribution in [0, 0.1) is 23.7 Å². The fraction of sp³-hybridized carbons (Fsp3) is 0.536. The summed E-state index contributed by atoms with van der Waals surface area (Å²) in [7, 11) is 0. The summed E-state index contributed by atoms with van der Waals surface area (Å²) in [6.45, 7) is 9.03. The quantitative estimate of drug-likeness (QED) is 0.0821. The Morgan fingerprint density at radius 1 is 0.484 bits per heavy atom. The number of rotatable bonds is 20. The molecule has 0 amide bonds. The van der Waals surface area contributed by atoms with Gasteiger partial charge in [-0.25, -0.2) is 0 Å². The second-order valence-corrected chi connectivity index (χ2v) is 16.4. The summed E-state index contributed by atoms with van der Waals surface area (Å²) >= 11 is 0. The predicted molar refractivity (Wildman–Crippen MR) is 258 cm³/mol. The van der Waals surface area contributed by atoms with Gasteiger partial charge in [0.2, 0.25) is 0 Å². The van der Waals surface area contributed by atoms with E-state index < -0.39 is 0 Å². The molecular formula is C56H74O8. The lowest BCUT2D eigenvalue weighted by molar-refractivity contribution is -0.0609. The Kier molecular flexibility index (Phi) is 25.2. The second-order valence-electron chi connectivity index (χ2n) is 16.4. The fourth-order valence-electron chi connectivity index (χ4n) is 7.44. The van der Waals surface area contributed by atoms with Crippen LogP contribution in [0.4, 0.5) is 0 Å². The summed E-state index contributed by atoms with van der Waals surface area (Å²) in [5.74, 6) is 16.5. The van der Waals surface area contributed by atoms with Gasteiger partial charge in [0.05, 0.1) is 64.0 Å². The molecular weight excluding hydrogens is 801 g/mol. The van der Waals surface area contributed by atoms with Gasteiger partial charge in [0.25, 0.3) is 0 Å². The van der Waals surface area contributed by atoms with Crippen molar-refractivity contribution in [2.75, 3.05) is 66.1 Å². The van der Waals surface area contributed by atoms with Crippen LogP contribution in [0.5, 0.6) is 23.0 Å². The Hall–Kier alpha value is -4.70. The zero-order chi connectivity index (χ0) is 44.5. The first kappa shape index (κ1) is 50.3. The van der Waals surface area contributed by atoms with Crippen molar-refractivity contribution in [3.05, 3.63) is 107 Å². The molecule has 3 aromatic carbocycles. The maximum atomic E-state index is 6.55. The minimum absolute atomic E-state index is 0.302. The lowest BCUT2D eigenvalue weighted by Gasteiger charge is -2.26. The molecule has 1 aliphatic heterocycles. The van der Waals surface area contributed by atoms with E-state index in [1.165, 1.54) is 77.0 Å². The third-order valence-corrected chi connectivity index (χ3v) is 11.1. The summed E-state index contributed by atoms with van der Waals surface area (Å²) in [5.41, 5.74) is 3.35. The van der Waals surface area contributed by atoms with Crippen molar-refractivity contribution in [3.63, 3.8) is 0 Å². The smallest absolute Gasteiger partial charge is 0.161 e. The summed E-state index contributed by atoms with van der Waals surface area (Å²) in [6.07, 6.45) is 25.2. The third kappa shape index (κ3) is 20.0. The maximum Gasteiger partial charge on any atom is 0.161 e. The Bertz CT molecular complexity index is 1920. The zero-order valence-corrected chi connectivity index (χ0v) is 38.9. The van der Waals surface area contributed by atoms with Crippen molar-refractivity contribution < 1.29 is 37.9 Å². The highest BCUT2D eigenvalue weighted by atomic mass is 16.6. The van der Waals surface area contributed by atoms with E-state index in [4.69, 9.17) is 37.9 Å². The minimum Gasteiger partial charge on any atom is -0.492 e. The first-order chi connectivity index (χ1) is 31.7. The molecule has 3 aromatic rings. The maximum absolute atomic E-state index is 6.55. The summed E-state index contributed by atoms with van der Waals surface area (Å²) < 4.78 is 49.2. The molecule has 0 fully saturated rings. The van der Waals surface area contributed by atoms with Crippen LogP contribution in [0.15, 0.2) is 90.5 Å². The molecule has 0 spiro atoms. The van der Waals surface area contributed by atoms with Crippen LogP contribution in [0.1, 0.15) is 133 Å². The van der Waals surface area contributed by atoms with Crippen LogP contribution in [0.3, 0.4) is 0 Å². The normalized spacial score (nSPS) is 17.0. The van der Waals surface area contributed by atoms with Gasteiger partial charge >= 0.3 is 0 Å². The summed E-state index contributed by atoms with van der Waals surface area (Å²) in [5, 5.41) is 0. The average molecular weight is 875 g/mol. The van der Waals surface area contributed by atoms with E-state index in [-0.39, 0.29) is 12.2 Å². The highest BCUT2D eigenvalue weighted by molar-refractivity contribution is 5.61. The van der Waals surface area contributed by atoms with E-state index in [1.54, 1.807) is 0 Å². The highest BCUT2D eigenvalue weighted by Crippen LogP contribution is 2.30. The van der Waals surface area contributed by atoms with Crippen molar-refractivity contribution in [3.8, 4) is 46.7 Å². The van der Waals surface area contributed by atoms with Crippen molar-refractivity contribution in [1.82, 2.24) is 0 Å². The largest absolute Gasteiger partial charge is 0.492 e. The Morgan fingerprint density at radius 2 is 0.953 bits per heavy atom. The number of unbranched alkanes of at least 4 members (excludes halogenated alkanes) is 14. The Morgan fingerprint density at radius 3 is 1.50 bits per heavy atom. The Balaban J connectivity index is 1.31. The molecule has 0 N–H and O–H groups in total. The first-order valence-electron chi connectivity index (χ1n) is 24.4. The van der Waals surface area contributed by atoms with Gasteiger partial charge in [0.15, 0.2) is 11.5 Å². The topological polar surface area (TPSA) is 73.8 Å². The molecule has 2 unspecified atom stereocenters. The first-order valence-corrected chi connectivity index (χ1v) is 24.4. The molecule has 0 radical (unpaired) electrons.